The molecule has 54 valence electrons. The molecule has 0 aromatic carbocycles. The van der Waals surface area contributed by atoms with E-state index in [1.807, 2.05) is 0 Å². The first kappa shape index (κ1) is 6.95. The maximum atomic E-state index is 5.33. The Labute approximate surface area is 55.4 Å². The minimum atomic E-state index is 0.737. The molecule has 4 nitrogen and oxygen atoms in total. The van der Waals surface area contributed by atoms with Gasteiger partial charge in [0.1, 0.15) is 0 Å². The quantitative estimate of drug-likeness (QED) is 0.450. The van der Waals surface area contributed by atoms with E-state index >= 15 is 0 Å². The van der Waals surface area contributed by atoms with Crippen LogP contribution in [0.1, 0.15) is 0 Å². The van der Waals surface area contributed by atoms with Gasteiger partial charge in [0, 0.05) is 26.2 Å². The lowest BCUT2D eigenvalue weighted by atomic mass is 10.6. The van der Waals surface area contributed by atoms with Gasteiger partial charge < -0.3 is 11.5 Å². The van der Waals surface area contributed by atoms with Crippen molar-refractivity contribution in [3.63, 3.8) is 0 Å². The SMILES string of the molecule is NCCN1CN1CCN. The summed E-state index contributed by atoms with van der Waals surface area (Å²) in [7, 11) is 0. The second-order valence-electron chi connectivity index (χ2n) is 2.18. The Morgan fingerprint density at radius 2 is 1.44 bits per heavy atom. The predicted octanol–water partition coefficient (Wildman–Crippen LogP) is -1.61. The van der Waals surface area contributed by atoms with E-state index in [0.717, 1.165) is 32.8 Å². The third-order valence-corrected chi connectivity index (χ3v) is 1.42. The molecule has 1 aliphatic rings. The lowest BCUT2D eigenvalue weighted by molar-refractivity contribution is 0.318. The van der Waals surface area contributed by atoms with Crippen LogP contribution in [0.3, 0.4) is 0 Å². The van der Waals surface area contributed by atoms with E-state index in [9.17, 15) is 0 Å². The van der Waals surface area contributed by atoms with E-state index in [-0.39, 0.29) is 0 Å². The molecular weight excluding hydrogens is 116 g/mol. The van der Waals surface area contributed by atoms with E-state index in [1.165, 1.54) is 0 Å². The Bertz CT molecular complexity index is 75.0. The van der Waals surface area contributed by atoms with Crippen molar-refractivity contribution >= 4 is 0 Å². The number of hydrogen-bond donors (Lipinski definition) is 2. The van der Waals surface area contributed by atoms with Gasteiger partial charge in [0.05, 0.1) is 6.67 Å². The molecule has 0 spiro atoms. The third kappa shape index (κ3) is 1.91. The molecule has 2 atom stereocenters. The fraction of sp³-hybridized carbons (Fsp3) is 1.00. The van der Waals surface area contributed by atoms with Gasteiger partial charge in [-0.1, -0.05) is 0 Å². The molecule has 0 aliphatic carbocycles. The molecule has 9 heavy (non-hydrogen) atoms. The second kappa shape index (κ2) is 3.12. The molecule has 4 heteroatoms. The van der Waals surface area contributed by atoms with E-state index in [2.05, 4.69) is 10.0 Å². The van der Waals surface area contributed by atoms with Crippen LogP contribution in [-0.4, -0.2) is 42.9 Å². The number of hydrazine groups is 1. The standard InChI is InChI=1S/C5H14N4/c6-1-3-8-5-9(8)4-2-7/h1-7H2. The van der Waals surface area contributed by atoms with Crippen molar-refractivity contribution in [2.24, 2.45) is 11.5 Å². The van der Waals surface area contributed by atoms with Crippen molar-refractivity contribution in [2.45, 2.75) is 0 Å². The molecule has 0 aromatic rings. The van der Waals surface area contributed by atoms with Gasteiger partial charge in [-0.05, 0) is 0 Å². The van der Waals surface area contributed by atoms with E-state index in [0.29, 0.717) is 0 Å². The first-order valence-corrected chi connectivity index (χ1v) is 3.28. The normalized spacial score (nSPS) is 32.7. The summed E-state index contributed by atoms with van der Waals surface area (Å²) in [5, 5.41) is 4.37. The van der Waals surface area contributed by atoms with Gasteiger partial charge in [-0.25, -0.2) is 10.0 Å². The molecule has 0 amide bonds. The van der Waals surface area contributed by atoms with Crippen LogP contribution >= 0.6 is 0 Å². The highest BCUT2D eigenvalue weighted by Crippen LogP contribution is 2.11. The Kier molecular flexibility index (Phi) is 2.41. The highest BCUT2D eigenvalue weighted by molar-refractivity contribution is 4.68. The van der Waals surface area contributed by atoms with Crippen LogP contribution in [0, 0.1) is 0 Å². The van der Waals surface area contributed by atoms with Crippen LogP contribution in [0.15, 0.2) is 0 Å². The van der Waals surface area contributed by atoms with Gasteiger partial charge in [0.15, 0.2) is 0 Å². The summed E-state index contributed by atoms with van der Waals surface area (Å²) in [5.41, 5.74) is 10.7. The van der Waals surface area contributed by atoms with Crippen LogP contribution in [0.5, 0.6) is 0 Å². The second-order valence-corrected chi connectivity index (χ2v) is 2.18. The maximum Gasteiger partial charge on any atom is 0.0788 e. The molecule has 1 rings (SSSR count). The number of rotatable bonds is 4. The van der Waals surface area contributed by atoms with E-state index in [4.69, 9.17) is 11.5 Å². The zero-order valence-electron chi connectivity index (χ0n) is 5.58. The third-order valence-electron chi connectivity index (χ3n) is 1.42. The van der Waals surface area contributed by atoms with Crippen molar-refractivity contribution in [3.8, 4) is 0 Å². The molecule has 0 saturated carbocycles. The molecule has 1 heterocycles. The molecule has 0 radical (unpaired) electrons. The molecule has 1 aliphatic heterocycles. The monoisotopic (exact) mass is 130 g/mol. The lowest BCUT2D eigenvalue weighted by Crippen LogP contribution is -2.20. The van der Waals surface area contributed by atoms with E-state index in [1.54, 1.807) is 0 Å². The summed E-state index contributed by atoms with van der Waals surface area (Å²) in [6, 6.07) is 0. The minimum absolute atomic E-state index is 0.737. The molecule has 4 N–H and O–H groups in total. The number of nitrogens with two attached hydrogens (primary N) is 2. The Morgan fingerprint density at radius 3 is 1.78 bits per heavy atom. The average Bonchev–Trinajstić information content (AvgIpc) is 2.50. The highest BCUT2D eigenvalue weighted by atomic mass is 15.8. The van der Waals surface area contributed by atoms with Crippen LogP contribution in [-0.2, 0) is 0 Å². The van der Waals surface area contributed by atoms with Gasteiger partial charge in [-0.15, -0.1) is 0 Å². The molecule has 0 aromatic heterocycles. The zero-order valence-corrected chi connectivity index (χ0v) is 5.58. The highest BCUT2D eigenvalue weighted by Gasteiger charge is 2.28. The molecule has 0 bridgehead atoms. The Morgan fingerprint density at radius 1 is 1.00 bits per heavy atom. The van der Waals surface area contributed by atoms with Gasteiger partial charge in [0.25, 0.3) is 0 Å². The van der Waals surface area contributed by atoms with Gasteiger partial charge in [-0.3, -0.25) is 0 Å². The average molecular weight is 130 g/mol. The van der Waals surface area contributed by atoms with Gasteiger partial charge in [0.2, 0.25) is 0 Å². The van der Waals surface area contributed by atoms with Crippen molar-refractivity contribution in [1.29, 1.82) is 0 Å². The largest absolute Gasteiger partial charge is 0.329 e. The van der Waals surface area contributed by atoms with Crippen LogP contribution in [0.2, 0.25) is 0 Å². The number of hydrogen-bond acceptors (Lipinski definition) is 4. The van der Waals surface area contributed by atoms with Crippen LogP contribution in [0.25, 0.3) is 0 Å². The van der Waals surface area contributed by atoms with Crippen molar-refractivity contribution in [1.82, 2.24) is 10.0 Å². The zero-order chi connectivity index (χ0) is 6.69. The van der Waals surface area contributed by atoms with Crippen molar-refractivity contribution < 1.29 is 0 Å². The first-order chi connectivity index (χ1) is 4.38. The smallest absolute Gasteiger partial charge is 0.0788 e. The van der Waals surface area contributed by atoms with Crippen molar-refractivity contribution in [2.75, 3.05) is 32.8 Å². The number of nitrogens with zero attached hydrogens (tertiary/aromatic N) is 2. The Hall–Kier alpha value is -0.160. The van der Waals surface area contributed by atoms with Gasteiger partial charge >= 0.3 is 0 Å². The fourth-order valence-corrected chi connectivity index (χ4v) is 0.882. The maximum absolute atomic E-state index is 5.33. The summed E-state index contributed by atoms with van der Waals surface area (Å²) in [4.78, 5) is 0. The van der Waals surface area contributed by atoms with Crippen LogP contribution in [0.4, 0.5) is 0 Å². The van der Waals surface area contributed by atoms with Crippen molar-refractivity contribution in [3.05, 3.63) is 0 Å². The minimum Gasteiger partial charge on any atom is -0.329 e. The van der Waals surface area contributed by atoms with E-state index < -0.39 is 0 Å². The summed E-state index contributed by atoms with van der Waals surface area (Å²) >= 11 is 0. The summed E-state index contributed by atoms with van der Waals surface area (Å²) < 4.78 is 0. The topological polar surface area (TPSA) is 58.1 Å². The van der Waals surface area contributed by atoms with Gasteiger partial charge in [-0.2, -0.15) is 0 Å². The molecule has 1 fully saturated rings. The summed E-state index contributed by atoms with van der Waals surface area (Å²) in [6.07, 6.45) is 0. The molecular formula is C5H14N4. The first-order valence-electron chi connectivity index (χ1n) is 3.28. The summed E-state index contributed by atoms with van der Waals surface area (Å²) in [5.74, 6) is 0. The molecule has 1 saturated heterocycles. The molecule has 2 unspecified atom stereocenters. The summed E-state index contributed by atoms with van der Waals surface area (Å²) in [6.45, 7) is 4.47. The predicted molar refractivity (Wildman–Crippen MR) is 36.4 cm³/mol. The Balaban J connectivity index is 1.96. The fourth-order valence-electron chi connectivity index (χ4n) is 0.882. The lowest BCUT2D eigenvalue weighted by Gasteiger charge is -1.99. The van der Waals surface area contributed by atoms with Crippen LogP contribution < -0.4 is 11.5 Å².